The Morgan fingerprint density at radius 1 is 1.09 bits per heavy atom. The van der Waals surface area contributed by atoms with Crippen LogP contribution >= 0.6 is 11.8 Å². The molecule has 1 amide bonds. The van der Waals surface area contributed by atoms with Crippen LogP contribution in [0.5, 0.6) is 0 Å². The van der Waals surface area contributed by atoms with Gasteiger partial charge in [-0.3, -0.25) is 9.59 Å². The van der Waals surface area contributed by atoms with E-state index in [2.05, 4.69) is 54.6 Å². The predicted octanol–water partition coefficient (Wildman–Crippen LogP) is 4.88. The molecular weight excluding hydrogens is 458 g/mol. The molecule has 1 N–H and O–H groups in total. The first-order valence-corrected chi connectivity index (χ1v) is 13.5. The Balaban J connectivity index is 1.65. The summed E-state index contributed by atoms with van der Waals surface area (Å²) < 4.78 is 5.46. The third-order valence-corrected chi connectivity index (χ3v) is 7.85. The number of Topliss-reactive ketones (excluding diaryl/α,β-unsaturated/α-hetero) is 1. The zero-order valence-electron chi connectivity index (χ0n) is 20.7. The number of allylic oxidation sites excluding steroid dienone is 1. The maximum absolute atomic E-state index is 13.7. The number of amides is 1. The average Bonchev–Trinajstić information content (AvgIpc) is 2.98. The van der Waals surface area contributed by atoms with Gasteiger partial charge in [0.1, 0.15) is 0 Å². The van der Waals surface area contributed by atoms with Crippen LogP contribution in [0.4, 0.5) is 11.4 Å². The number of nitrogens with one attached hydrogen (secondary N) is 1. The molecule has 35 heavy (non-hydrogen) atoms. The first kappa shape index (κ1) is 23.9. The first-order valence-electron chi connectivity index (χ1n) is 12.2. The smallest absolute Gasteiger partial charge is 0.242 e. The van der Waals surface area contributed by atoms with Gasteiger partial charge in [0.15, 0.2) is 5.78 Å². The van der Waals surface area contributed by atoms with Gasteiger partial charge in [-0.1, -0.05) is 38.1 Å². The topological polar surface area (TPSA) is 61.9 Å². The molecule has 1 aliphatic carbocycles. The lowest BCUT2D eigenvalue weighted by Crippen LogP contribution is -2.47. The molecule has 2 aliphatic heterocycles. The molecule has 7 heteroatoms. The quantitative estimate of drug-likeness (QED) is 0.615. The summed E-state index contributed by atoms with van der Waals surface area (Å²) >= 11 is 1.69. The van der Waals surface area contributed by atoms with Crippen molar-refractivity contribution in [3.63, 3.8) is 0 Å². The number of anilines is 2. The van der Waals surface area contributed by atoms with Gasteiger partial charge in [0, 0.05) is 35.7 Å². The van der Waals surface area contributed by atoms with E-state index in [4.69, 9.17) is 4.74 Å². The summed E-state index contributed by atoms with van der Waals surface area (Å²) in [5.74, 6) is 0.209. The van der Waals surface area contributed by atoms with Gasteiger partial charge in [0.05, 0.1) is 37.2 Å². The molecule has 0 aromatic heterocycles. The van der Waals surface area contributed by atoms with Crippen molar-refractivity contribution in [1.82, 2.24) is 4.90 Å². The van der Waals surface area contributed by atoms with Crippen molar-refractivity contribution in [1.29, 1.82) is 0 Å². The number of para-hydroxylation sites is 2. The number of ketones is 1. The van der Waals surface area contributed by atoms with Gasteiger partial charge in [0.25, 0.3) is 0 Å². The largest absolute Gasteiger partial charge is 0.378 e. The number of hydrogen-bond donors (Lipinski definition) is 1. The van der Waals surface area contributed by atoms with E-state index < -0.39 is 0 Å². The fourth-order valence-corrected chi connectivity index (χ4v) is 5.83. The maximum Gasteiger partial charge on any atom is 0.242 e. The number of morpholine rings is 1. The molecule has 0 saturated carbocycles. The molecule has 1 saturated heterocycles. The molecule has 2 aromatic rings. The first-order chi connectivity index (χ1) is 16.9. The molecule has 6 nitrogen and oxygen atoms in total. The third kappa shape index (κ3) is 4.84. The molecule has 0 bridgehead atoms. The van der Waals surface area contributed by atoms with Gasteiger partial charge in [-0.15, -0.1) is 11.8 Å². The van der Waals surface area contributed by atoms with Crippen molar-refractivity contribution >= 4 is 34.8 Å². The normalized spacial score (nSPS) is 21.7. The molecule has 0 radical (unpaired) electrons. The number of thioether (sulfide) groups is 1. The number of hydrogen-bond acceptors (Lipinski definition) is 6. The van der Waals surface area contributed by atoms with Gasteiger partial charge in [-0.05, 0) is 47.9 Å². The van der Waals surface area contributed by atoms with Crippen molar-refractivity contribution in [2.75, 3.05) is 49.3 Å². The summed E-state index contributed by atoms with van der Waals surface area (Å²) in [4.78, 5) is 32.4. The Morgan fingerprint density at radius 3 is 2.51 bits per heavy atom. The number of fused-ring (bicyclic) bond motifs is 1. The molecule has 1 atom stereocenters. The van der Waals surface area contributed by atoms with E-state index in [1.165, 1.54) is 4.90 Å². The minimum atomic E-state index is -0.342. The van der Waals surface area contributed by atoms with Crippen LogP contribution in [0.2, 0.25) is 0 Å². The van der Waals surface area contributed by atoms with E-state index >= 15 is 0 Å². The highest BCUT2D eigenvalue weighted by Crippen LogP contribution is 2.48. The number of nitrogens with zero attached hydrogens (tertiary/aromatic N) is 2. The van der Waals surface area contributed by atoms with E-state index in [1.54, 1.807) is 11.8 Å². The monoisotopic (exact) mass is 491 g/mol. The van der Waals surface area contributed by atoms with Crippen LogP contribution in [0.3, 0.4) is 0 Å². The van der Waals surface area contributed by atoms with Crippen LogP contribution in [-0.2, 0) is 14.3 Å². The van der Waals surface area contributed by atoms with Crippen molar-refractivity contribution in [2.24, 2.45) is 5.41 Å². The fourth-order valence-electron chi connectivity index (χ4n) is 5.42. The molecule has 2 heterocycles. The van der Waals surface area contributed by atoms with Gasteiger partial charge in [0.2, 0.25) is 5.91 Å². The van der Waals surface area contributed by atoms with Crippen LogP contribution in [0, 0.1) is 5.41 Å². The van der Waals surface area contributed by atoms with E-state index in [-0.39, 0.29) is 29.7 Å². The van der Waals surface area contributed by atoms with Crippen LogP contribution in [0.15, 0.2) is 64.7 Å². The number of rotatable bonds is 4. The zero-order chi connectivity index (χ0) is 24.6. The second-order valence-corrected chi connectivity index (χ2v) is 11.2. The second-order valence-electron chi connectivity index (χ2n) is 10.3. The predicted molar refractivity (Wildman–Crippen MR) is 141 cm³/mol. The molecule has 0 unspecified atom stereocenters. The highest BCUT2D eigenvalue weighted by atomic mass is 32.2. The van der Waals surface area contributed by atoms with Crippen LogP contribution in [0.25, 0.3) is 0 Å². The van der Waals surface area contributed by atoms with E-state index in [0.717, 1.165) is 34.6 Å². The second kappa shape index (κ2) is 9.70. The van der Waals surface area contributed by atoms with Crippen LogP contribution in [0.1, 0.15) is 38.3 Å². The minimum absolute atomic E-state index is 0.0569. The number of carbonyl (C=O) groups is 2. The molecule has 0 spiro atoms. The lowest BCUT2D eigenvalue weighted by Gasteiger charge is -2.39. The Kier molecular flexibility index (Phi) is 6.64. The van der Waals surface area contributed by atoms with Crippen molar-refractivity contribution in [3.05, 3.63) is 65.4 Å². The summed E-state index contributed by atoms with van der Waals surface area (Å²) in [6.07, 6.45) is 3.34. The molecule has 184 valence electrons. The van der Waals surface area contributed by atoms with Crippen LogP contribution in [-0.4, -0.2) is 55.7 Å². The Bertz CT molecular complexity index is 1150. The zero-order valence-corrected chi connectivity index (χ0v) is 21.5. The molecule has 1 fully saturated rings. The highest BCUT2D eigenvalue weighted by molar-refractivity contribution is 7.98. The van der Waals surface area contributed by atoms with Gasteiger partial charge < -0.3 is 19.9 Å². The Labute approximate surface area is 211 Å². The molecular formula is C28H33N3O3S. The average molecular weight is 492 g/mol. The molecule has 2 aromatic carbocycles. The standard InChI is InChI=1S/C28H33N3O3S/c1-28(2)16-22-26(24(32)17-28)27(19-8-10-20(35-3)11-9-19)31(23-7-5-4-6-21(23)29-22)18-25(33)30-12-14-34-15-13-30/h4-11,27,29H,12-18H2,1-3H3/t27-/m1/s1. The summed E-state index contributed by atoms with van der Waals surface area (Å²) in [6.45, 7) is 6.81. The van der Waals surface area contributed by atoms with E-state index in [1.807, 2.05) is 29.2 Å². The summed E-state index contributed by atoms with van der Waals surface area (Å²) in [6, 6.07) is 16.2. The minimum Gasteiger partial charge on any atom is -0.378 e. The third-order valence-electron chi connectivity index (χ3n) is 7.11. The van der Waals surface area contributed by atoms with E-state index in [0.29, 0.717) is 32.7 Å². The van der Waals surface area contributed by atoms with Crippen molar-refractivity contribution in [3.8, 4) is 0 Å². The Hall–Kier alpha value is -2.77. The molecule has 3 aliphatic rings. The number of carbonyl (C=O) groups excluding carboxylic acids is 2. The van der Waals surface area contributed by atoms with Gasteiger partial charge >= 0.3 is 0 Å². The lowest BCUT2D eigenvalue weighted by molar-refractivity contribution is -0.133. The summed E-state index contributed by atoms with van der Waals surface area (Å²) in [5, 5.41) is 3.62. The number of benzene rings is 2. The maximum atomic E-state index is 13.7. The van der Waals surface area contributed by atoms with Crippen LogP contribution < -0.4 is 10.2 Å². The molecule has 5 rings (SSSR count). The number of ether oxygens (including phenoxy) is 1. The van der Waals surface area contributed by atoms with Crippen molar-refractivity contribution < 1.29 is 14.3 Å². The lowest BCUT2D eigenvalue weighted by atomic mass is 9.73. The highest BCUT2D eigenvalue weighted by Gasteiger charge is 2.42. The summed E-state index contributed by atoms with van der Waals surface area (Å²) in [7, 11) is 0. The van der Waals surface area contributed by atoms with Crippen molar-refractivity contribution in [2.45, 2.75) is 37.6 Å². The SMILES string of the molecule is CSc1ccc([C@@H]2C3=C(CC(C)(C)CC3=O)Nc3ccccc3N2CC(=O)N2CCOCC2)cc1. The van der Waals surface area contributed by atoms with E-state index in [9.17, 15) is 9.59 Å². The Morgan fingerprint density at radius 2 is 1.80 bits per heavy atom. The van der Waals surface area contributed by atoms with Gasteiger partial charge in [-0.2, -0.15) is 0 Å². The summed E-state index contributed by atoms with van der Waals surface area (Å²) in [5.41, 5.74) is 4.53. The fraction of sp³-hybridized carbons (Fsp3) is 0.429. The van der Waals surface area contributed by atoms with Gasteiger partial charge in [-0.25, -0.2) is 0 Å².